The molecule has 0 aliphatic heterocycles. The fourth-order valence-corrected chi connectivity index (χ4v) is 4.37. The normalized spacial score (nSPS) is 14.8. The van der Waals surface area contributed by atoms with Crippen molar-refractivity contribution < 1.29 is 9.53 Å². The monoisotopic (exact) mass is 369 g/mol. The highest BCUT2D eigenvalue weighted by Gasteiger charge is 2.18. The van der Waals surface area contributed by atoms with E-state index in [-0.39, 0.29) is 5.97 Å². The van der Waals surface area contributed by atoms with Crippen LogP contribution in [0.1, 0.15) is 48.7 Å². The first-order valence-corrected chi connectivity index (χ1v) is 10.0. The summed E-state index contributed by atoms with van der Waals surface area (Å²) in [5.74, 6) is -0.370. The quantitative estimate of drug-likeness (QED) is 0.612. The Morgan fingerprint density at radius 3 is 2.92 bits per heavy atom. The largest absolute Gasteiger partial charge is 0.461 e. The molecule has 5 nitrogen and oxygen atoms in total. The summed E-state index contributed by atoms with van der Waals surface area (Å²) in [6.07, 6.45) is 5.08. The van der Waals surface area contributed by atoms with Crippen molar-refractivity contribution in [3.8, 4) is 10.7 Å². The smallest absolute Gasteiger partial charge is 0.357 e. The number of aromatic amines is 1. The lowest BCUT2D eigenvalue weighted by Gasteiger charge is -2.15. The highest BCUT2D eigenvalue weighted by Crippen LogP contribution is 2.33. The molecule has 1 aliphatic rings. The van der Waals surface area contributed by atoms with E-state index in [0.717, 1.165) is 27.3 Å². The van der Waals surface area contributed by atoms with Gasteiger partial charge in [0.1, 0.15) is 5.01 Å². The van der Waals surface area contributed by atoms with Gasteiger partial charge in [0.25, 0.3) is 0 Å². The molecule has 0 amide bonds. The van der Waals surface area contributed by atoms with E-state index in [1.165, 1.54) is 42.6 Å². The number of carbonyl (C=O) groups excluding carboxylic acids is 1. The number of fused-ring (bicyclic) bond motifs is 1. The van der Waals surface area contributed by atoms with Crippen molar-refractivity contribution in [2.24, 2.45) is 0 Å². The molecule has 1 saturated carbocycles. The Morgan fingerprint density at radius 2 is 2.15 bits per heavy atom. The lowest BCUT2D eigenvalue weighted by molar-refractivity contribution is 0.0520. The molecule has 2 heterocycles. The van der Waals surface area contributed by atoms with Crippen LogP contribution >= 0.6 is 11.3 Å². The zero-order valence-corrected chi connectivity index (χ0v) is 15.9. The number of aryl methyl sites for hydroxylation is 1. The Bertz CT molecular complexity index is 938. The summed E-state index contributed by atoms with van der Waals surface area (Å²) in [7, 11) is 0. The minimum absolute atomic E-state index is 0.355. The number of carbonyl (C=O) groups is 1. The van der Waals surface area contributed by atoms with Gasteiger partial charge in [-0.1, -0.05) is 12.8 Å². The molecule has 1 fully saturated rings. The van der Waals surface area contributed by atoms with E-state index in [4.69, 9.17) is 4.74 Å². The van der Waals surface area contributed by atoms with Gasteiger partial charge in [-0.15, -0.1) is 11.3 Å². The minimum atomic E-state index is -0.370. The van der Waals surface area contributed by atoms with Gasteiger partial charge in [0.15, 0.2) is 5.69 Å². The van der Waals surface area contributed by atoms with Gasteiger partial charge in [0.2, 0.25) is 0 Å². The number of ether oxygens (including phenoxy) is 1. The number of nitrogens with zero attached hydrogens (tertiary/aromatic N) is 1. The van der Waals surface area contributed by atoms with Crippen LogP contribution in [0.4, 0.5) is 5.69 Å². The maximum atomic E-state index is 11.9. The second kappa shape index (κ2) is 7.11. The lowest BCUT2D eigenvalue weighted by Crippen LogP contribution is -2.14. The summed E-state index contributed by atoms with van der Waals surface area (Å²) in [6, 6.07) is 7.04. The molecule has 0 radical (unpaired) electrons. The summed E-state index contributed by atoms with van der Waals surface area (Å²) in [5, 5.41) is 7.42. The molecular weight excluding hydrogens is 346 g/mol. The van der Waals surface area contributed by atoms with E-state index in [1.54, 1.807) is 12.3 Å². The van der Waals surface area contributed by atoms with Crippen LogP contribution in [0.5, 0.6) is 0 Å². The van der Waals surface area contributed by atoms with Gasteiger partial charge in [0.05, 0.1) is 23.5 Å². The SMILES string of the molecule is CCOC(=O)c1csc(-c2cc3cc(C)cc(NC4CCCC4)c3[nH]2)n1. The van der Waals surface area contributed by atoms with E-state index < -0.39 is 0 Å². The average molecular weight is 369 g/mol. The van der Waals surface area contributed by atoms with Crippen molar-refractivity contribution in [2.75, 3.05) is 11.9 Å². The van der Waals surface area contributed by atoms with Crippen molar-refractivity contribution in [2.45, 2.75) is 45.6 Å². The third kappa shape index (κ3) is 3.33. The number of esters is 1. The predicted octanol–water partition coefficient (Wildman–Crippen LogP) is 5.13. The van der Waals surface area contributed by atoms with Gasteiger partial charge >= 0.3 is 5.97 Å². The molecular formula is C20H23N3O2S. The number of H-pyrrole nitrogens is 1. The van der Waals surface area contributed by atoms with Gasteiger partial charge in [0, 0.05) is 16.8 Å². The molecule has 6 heteroatoms. The van der Waals surface area contributed by atoms with E-state index in [2.05, 4.69) is 40.4 Å². The maximum Gasteiger partial charge on any atom is 0.357 e. The number of hydrogen-bond acceptors (Lipinski definition) is 5. The fourth-order valence-electron chi connectivity index (χ4n) is 3.61. The fraction of sp³-hybridized carbons (Fsp3) is 0.400. The first-order chi connectivity index (χ1) is 12.6. The average Bonchev–Trinajstić information content (AvgIpc) is 3.34. The molecule has 4 rings (SSSR count). The first kappa shape index (κ1) is 17.1. The van der Waals surface area contributed by atoms with Gasteiger partial charge < -0.3 is 15.0 Å². The molecule has 0 saturated heterocycles. The molecule has 0 spiro atoms. The van der Waals surface area contributed by atoms with Crippen molar-refractivity contribution in [3.05, 3.63) is 34.8 Å². The Kier molecular flexibility index (Phi) is 4.68. The van der Waals surface area contributed by atoms with E-state index in [0.29, 0.717) is 18.3 Å². The van der Waals surface area contributed by atoms with Crippen LogP contribution in [0.15, 0.2) is 23.6 Å². The topological polar surface area (TPSA) is 67.0 Å². The summed E-state index contributed by atoms with van der Waals surface area (Å²) >= 11 is 1.45. The Morgan fingerprint density at radius 1 is 1.35 bits per heavy atom. The van der Waals surface area contributed by atoms with Gasteiger partial charge in [-0.3, -0.25) is 0 Å². The molecule has 0 unspecified atom stereocenters. The summed E-state index contributed by atoms with van der Waals surface area (Å²) in [5.41, 5.74) is 4.78. The minimum Gasteiger partial charge on any atom is -0.461 e. The van der Waals surface area contributed by atoms with Crippen LogP contribution in [-0.2, 0) is 4.74 Å². The van der Waals surface area contributed by atoms with E-state index in [1.807, 2.05) is 0 Å². The van der Waals surface area contributed by atoms with Crippen LogP contribution in [0.3, 0.4) is 0 Å². The number of benzene rings is 1. The number of aromatic nitrogens is 2. The Balaban J connectivity index is 1.67. The molecule has 3 aromatic rings. The molecule has 26 heavy (non-hydrogen) atoms. The van der Waals surface area contributed by atoms with Crippen LogP contribution in [0.2, 0.25) is 0 Å². The number of anilines is 1. The van der Waals surface area contributed by atoms with Crippen LogP contribution < -0.4 is 5.32 Å². The summed E-state index contributed by atoms with van der Waals surface area (Å²) in [4.78, 5) is 19.8. The molecule has 1 aromatic carbocycles. The predicted molar refractivity (Wildman–Crippen MR) is 106 cm³/mol. The van der Waals surface area contributed by atoms with Crippen molar-refractivity contribution in [1.29, 1.82) is 0 Å². The van der Waals surface area contributed by atoms with Gasteiger partial charge in [-0.25, -0.2) is 9.78 Å². The number of nitrogens with one attached hydrogen (secondary N) is 2. The van der Waals surface area contributed by atoms with Crippen LogP contribution in [0.25, 0.3) is 21.6 Å². The van der Waals surface area contributed by atoms with Crippen LogP contribution in [-0.4, -0.2) is 28.6 Å². The molecule has 136 valence electrons. The zero-order chi connectivity index (χ0) is 18.1. The standard InChI is InChI=1S/C20H23N3O2S/c1-3-25-20(24)17-11-26-19(23-17)16-10-13-8-12(2)9-15(18(13)22-16)21-14-6-4-5-7-14/h8-11,14,21-22H,3-7H2,1-2H3. The van der Waals surface area contributed by atoms with E-state index in [9.17, 15) is 4.79 Å². The number of hydrogen-bond donors (Lipinski definition) is 2. The highest BCUT2D eigenvalue weighted by molar-refractivity contribution is 7.13. The van der Waals surface area contributed by atoms with E-state index >= 15 is 0 Å². The molecule has 0 atom stereocenters. The number of thiazole rings is 1. The molecule has 0 bridgehead atoms. The van der Waals surface area contributed by atoms with Crippen molar-refractivity contribution in [3.63, 3.8) is 0 Å². The van der Waals surface area contributed by atoms with Crippen molar-refractivity contribution >= 4 is 33.9 Å². The first-order valence-electron chi connectivity index (χ1n) is 9.17. The molecule has 2 N–H and O–H groups in total. The summed E-state index contributed by atoms with van der Waals surface area (Å²) < 4.78 is 5.03. The Labute approximate surface area is 156 Å². The second-order valence-corrected chi connectivity index (χ2v) is 7.70. The van der Waals surface area contributed by atoms with Gasteiger partial charge in [-0.05, 0) is 50.5 Å². The van der Waals surface area contributed by atoms with Crippen molar-refractivity contribution in [1.82, 2.24) is 9.97 Å². The highest BCUT2D eigenvalue weighted by atomic mass is 32.1. The molecule has 1 aliphatic carbocycles. The second-order valence-electron chi connectivity index (χ2n) is 6.84. The third-order valence-electron chi connectivity index (χ3n) is 4.81. The molecule has 2 aromatic heterocycles. The maximum absolute atomic E-state index is 11.9. The number of rotatable bonds is 5. The van der Waals surface area contributed by atoms with Gasteiger partial charge in [-0.2, -0.15) is 0 Å². The third-order valence-corrected chi connectivity index (χ3v) is 5.68. The van der Waals surface area contributed by atoms with Crippen LogP contribution in [0, 0.1) is 6.92 Å². The lowest BCUT2D eigenvalue weighted by atomic mass is 10.1. The zero-order valence-electron chi connectivity index (χ0n) is 15.1. The Hall–Kier alpha value is -2.34. The summed E-state index contributed by atoms with van der Waals surface area (Å²) in [6.45, 7) is 4.27.